The molecule has 62 heavy (non-hydrogen) atoms. The first kappa shape index (κ1) is 34.5. The standard InChI is InChI=1S/C58H35NO3/c1-2-12-45-37(10-1)24-32-48-50-34-40(26-33-54(50)62-58(45)48)43-11-3-6-16-51(43)59(41-27-20-36(21-28-41)39-25-31-47-46-13-4-7-17-52(46)61-56(47)35-39)42-29-22-38(23-30-42)44-15-9-19-55-57(44)49-14-5-8-18-53(49)60-55/h1-35H. The van der Waals surface area contributed by atoms with E-state index in [1.165, 1.54) is 5.39 Å². The van der Waals surface area contributed by atoms with Gasteiger partial charge in [0.05, 0.1) is 5.69 Å². The number of para-hydroxylation sites is 3. The maximum atomic E-state index is 6.53. The average Bonchev–Trinajstić information content (AvgIpc) is 4.03. The first-order valence-electron chi connectivity index (χ1n) is 21.0. The molecule has 0 aliphatic rings. The number of nitrogens with zero attached hydrogens (tertiary/aromatic N) is 1. The molecule has 0 unspecified atom stereocenters. The number of benzene rings is 10. The van der Waals surface area contributed by atoms with E-state index >= 15 is 0 Å². The van der Waals surface area contributed by atoms with E-state index in [1.54, 1.807) is 0 Å². The zero-order valence-electron chi connectivity index (χ0n) is 33.4. The van der Waals surface area contributed by atoms with E-state index in [1.807, 2.05) is 24.3 Å². The number of rotatable bonds is 6. The lowest BCUT2D eigenvalue weighted by Crippen LogP contribution is -2.11. The molecule has 0 N–H and O–H groups in total. The third kappa shape index (κ3) is 5.40. The lowest BCUT2D eigenvalue weighted by atomic mass is 9.97. The number of hydrogen-bond donors (Lipinski definition) is 0. The molecule has 13 rings (SSSR count). The summed E-state index contributed by atoms with van der Waals surface area (Å²) in [5, 5.41) is 9.01. The Labute approximate surface area is 356 Å². The highest BCUT2D eigenvalue weighted by molar-refractivity contribution is 6.16. The van der Waals surface area contributed by atoms with Gasteiger partial charge in [0.1, 0.15) is 33.5 Å². The van der Waals surface area contributed by atoms with Gasteiger partial charge in [0.25, 0.3) is 0 Å². The van der Waals surface area contributed by atoms with Crippen LogP contribution in [0.3, 0.4) is 0 Å². The van der Waals surface area contributed by atoms with Gasteiger partial charge < -0.3 is 18.2 Å². The summed E-state index contributed by atoms with van der Waals surface area (Å²) < 4.78 is 19.1. The predicted molar refractivity (Wildman–Crippen MR) is 257 cm³/mol. The van der Waals surface area contributed by atoms with Crippen LogP contribution in [0.1, 0.15) is 0 Å². The van der Waals surface area contributed by atoms with Gasteiger partial charge in [-0.3, -0.25) is 0 Å². The van der Waals surface area contributed by atoms with Crippen molar-refractivity contribution in [3.05, 3.63) is 212 Å². The van der Waals surface area contributed by atoms with Crippen molar-refractivity contribution in [3.63, 3.8) is 0 Å². The van der Waals surface area contributed by atoms with Gasteiger partial charge in [-0.1, -0.05) is 133 Å². The maximum Gasteiger partial charge on any atom is 0.143 e. The minimum absolute atomic E-state index is 0.877. The van der Waals surface area contributed by atoms with Crippen LogP contribution in [0.5, 0.6) is 0 Å². The molecule has 0 atom stereocenters. The minimum atomic E-state index is 0.877. The highest BCUT2D eigenvalue weighted by Gasteiger charge is 2.20. The van der Waals surface area contributed by atoms with E-state index in [9.17, 15) is 0 Å². The van der Waals surface area contributed by atoms with Gasteiger partial charge >= 0.3 is 0 Å². The first-order chi connectivity index (χ1) is 30.7. The van der Waals surface area contributed by atoms with Crippen LogP contribution in [-0.2, 0) is 0 Å². The van der Waals surface area contributed by atoms with Crippen molar-refractivity contribution in [2.45, 2.75) is 0 Å². The largest absolute Gasteiger partial charge is 0.456 e. The molecule has 0 saturated heterocycles. The Kier molecular flexibility index (Phi) is 7.57. The number of anilines is 3. The molecule has 0 spiro atoms. The van der Waals surface area contributed by atoms with Gasteiger partial charge in [0.15, 0.2) is 0 Å². The van der Waals surface area contributed by atoms with Crippen LogP contribution in [0.15, 0.2) is 226 Å². The number of hydrogen-bond acceptors (Lipinski definition) is 4. The van der Waals surface area contributed by atoms with Gasteiger partial charge in [-0.15, -0.1) is 0 Å². The van der Waals surface area contributed by atoms with Crippen LogP contribution < -0.4 is 4.90 Å². The summed E-state index contributed by atoms with van der Waals surface area (Å²) in [6.07, 6.45) is 0. The predicted octanol–water partition coefficient (Wildman–Crippen LogP) is 17.0. The molecule has 0 aliphatic heterocycles. The average molecular weight is 794 g/mol. The zero-order chi connectivity index (χ0) is 40.7. The molecule has 0 amide bonds. The fraction of sp³-hybridized carbons (Fsp3) is 0. The zero-order valence-corrected chi connectivity index (χ0v) is 33.4. The smallest absolute Gasteiger partial charge is 0.143 e. The molecule has 0 saturated carbocycles. The molecule has 10 aromatic carbocycles. The van der Waals surface area contributed by atoms with Crippen molar-refractivity contribution in [1.82, 2.24) is 0 Å². The van der Waals surface area contributed by atoms with Crippen molar-refractivity contribution in [3.8, 4) is 33.4 Å². The van der Waals surface area contributed by atoms with Crippen LogP contribution in [0.2, 0.25) is 0 Å². The molecule has 3 aromatic heterocycles. The third-order valence-corrected chi connectivity index (χ3v) is 12.5. The normalized spacial score (nSPS) is 11.9. The Balaban J connectivity index is 0.949. The molecule has 4 heteroatoms. The van der Waals surface area contributed by atoms with Crippen molar-refractivity contribution < 1.29 is 13.3 Å². The van der Waals surface area contributed by atoms with Crippen molar-refractivity contribution >= 4 is 93.7 Å². The van der Waals surface area contributed by atoms with Crippen molar-refractivity contribution in [2.75, 3.05) is 4.90 Å². The lowest BCUT2D eigenvalue weighted by molar-refractivity contribution is 0.668. The van der Waals surface area contributed by atoms with Crippen LogP contribution >= 0.6 is 0 Å². The Bertz CT molecular complexity index is 3870. The summed E-state index contributed by atoms with van der Waals surface area (Å²) in [5.74, 6) is 0. The summed E-state index contributed by atoms with van der Waals surface area (Å²) in [6.45, 7) is 0. The monoisotopic (exact) mass is 793 g/mol. The third-order valence-electron chi connectivity index (χ3n) is 12.5. The molecule has 0 fully saturated rings. The number of furan rings is 3. The van der Waals surface area contributed by atoms with Crippen molar-refractivity contribution in [2.24, 2.45) is 0 Å². The summed E-state index contributed by atoms with van der Waals surface area (Å²) in [4.78, 5) is 2.37. The molecule has 290 valence electrons. The van der Waals surface area contributed by atoms with Gasteiger partial charge in [-0.05, 0) is 112 Å². The second-order valence-corrected chi connectivity index (χ2v) is 16.0. The van der Waals surface area contributed by atoms with Crippen molar-refractivity contribution in [1.29, 1.82) is 0 Å². The van der Waals surface area contributed by atoms with Crippen LogP contribution in [0.4, 0.5) is 17.1 Å². The molecule has 4 nitrogen and oxygen atoms in total. The molecule has 0 radical (unpaired) electrons. The van der Waals surface area contributed by atoms with E-state index in [0.717, 1.165) is 122 Å². The molecule has 13 aromatic rings. The van der Waals surface area contributed by atoms with Crippen LogP contribution in [-0.4, -0.2) is 0 Å². The van der Waals surface area contributed by atoms with E-state index in [0.29, 0.717) is 0 Å². The highest BCUT2D eigenvalue weighted by atomic mass is 16.3. The summed E-state index contributed by atoms with van der Waals surface area (Å²) in [7, 11) is 0. The summed E-state index contributed by atoms with van der Waals surface area (Å²) in [5.41, 5.74) is 15.2. The highest BCUT2D eigenvalue weighted by Crippen LogP contribution is 2.45. The molecular weight excluding hydrogens is 759 g/mol. The SMILES string of the molecule is c1ccc(N(c2ccc(-c3ccc4c(c3)oc3ccccc34)cc2)c2ccc(-c3cccc4oc5ccccc5c34)cc2)c(-c2ccc3oc4c5ccccc5ccc4c3c2)c1. The molecular formula is C58H35NO3. The minimum Gasteiger partial charge on any atom is -0.456 e. The second kappa shape index (κ2) is 13.6. The fourth-order valence-corrected chi connectivity index (χ4v) is 9.53. The van der Waals surface area contributed by atoms with Gasteiger partial charge in [-0.25, -0.2) is 0 Å². The topological polar surface area (TPSA) is 42.7 Å². The molecule has 0 bridgehead atoms. The lowest BCUT2D eigenvalue weighted by Gasteiger charge is -2.28. The van der Waals surface area contributed by atoms with Crippen LogP contribution in [0.25, 0.3) is 110 Å². The summed E-state index contributed by atoms with van der Waals surface area (Å²) in [6, 6.07) is 75.2. The molecule has 0 aliphatic carbocycles. The maximum absolute atomic E-state index is 6.53. The van der Waals surface area contributed by atoms with E-state index in [4.69, 9.17) is 13.3 Å². The molecule has 3 heterocycles. The Morgan fingerprint density at radius 2 is 0.871 bits per heavy atom. The Morgan fingerprint density at radius 3 is 1.71 bits per heavy atom. The Morgan fingerprint density at radius 1 is 0.290 bits per heavy atom. The number of fused-ring (bicyclic) bond motifs is 11. The van der Waals surface area contributed by atoms with Crippen LogP contribution in [0, 0.1) is 0 Å². The van der Waals surface area contributed by atoms with E-state index in [2.05, 4.69) is 193 Å². The quantitative estimate of drug-likeness (QED) is 0.168. The van der Waals surface area contributed by atoms with Gasteiger partial charge in [0.2, 0.25) is 0 Å². The van der Waals surface area contributed by atoms with Gasteiger partial charge in [0, 0.05) is 54.6 Å². The van der Waals surface area contributed by atoms with E-state index in [-0.39, 0.29) is 0 Å². The second-order valence-electron chi connectivity index (χ2n) is 16.0. The van der Waals surface area contributed by atoms with Gasteiger partial charge in [-0.2, -0.15) is 0 Å². The Hall–Kier alpha value is -8.34. The summed E-state index contributed by atoms with van der Waals surface area (Å²) >= 11 is 0. The fourth-order valence-electron chi connectivity index (χ4n) is 9.53. The van der Waals surface area contributed by atoms with E-state index < -0.39 is 0 Å². The first-order valence-corrected chi connectivity index (χ1v) is 21.0.